The monoisotopic (exact) mass is 410 g/mol. The smallest absolute Gasteiger partial charge is 0.232 e. The van der Waals surface area contributed by atoms with Crippen molar-refractivity contribution in [2.45, 2.75) is 52.7 Å². The molecule has 3 heterocycles. The zero-order chi connectivity index (χ0) is 20.4. The highest BCUT2D eigenvalue weighted by Gasteiger charge is 2.24. The van der Waals surface area contributed by atoms with E-state index >= 15 is 0 Å². The molecule has 1 atom stereocenters. The minimum atomic E-state index is 0.258. The lowest BCUT2D eigenvalue weighted by atomic mass is 10.0. The lowest BCUT2D eigenvalue weighted by molar-refractivity contribution is 0.444. The molecule has 0 saturated carbocycles. The minimum absolute atomic E-state index is 0.258. The first kappa shape index (κ1) is 19.9. The van der Waals surface area contributed by atoms with Crippen LogP contribution in [-0.2, 0) is 13.1 Å². The highest BCUT2D eigenvalue weighted by atomic mass is 32.1. The topological polar surface area (TPSA) is 56.3 Å². The molecule has 0 amide bonds. The molecule has 29 heavy (non-hydrogen) atoms. The zero-order valence-electron chi connectivity index (χ0n) is 17.5. The Morgan fingerprint density at radius 3 is 2.38 bits per heavy atom. The maximum Gasteiger partial charge on any atom is 0.232 e. The first-order valence-corrected chi connectivity index (χ1v) is 10.9. The van der Waals surface area contributed by atoms with Gasteiger partial charge in [0.25, 0.3) is 0 Å². The molecule has 0 bridgehead atoms. The van der Waals surface area contributed by atoms with Crippen molar-refractivity contribution < 1.29 is 0 Å². The summed E-state index contributed by atoms with van der Waals surface area (Å²) in [4.78, 5) is 14.3. The van der Waals surface area contributed by atoms with Crippen molar-refractivity contribution in [3.8, 4) is 0 Å². The van der Waals surface area contributed by atoms with Crippen LogP contribution < -0.4 is 20.4 Å². The largest absolute Gasteiger partial charge is 0.360 e. The van der Waals surface area contributed by atoms with E-state index in [9.17, 15) is 0 Å². The molecule has 2 aliphatic heterocycles. The van der Waals surface area contributed by atoms with Gasteiger partial charge in [-0.15, -0.1) is 0 Å². The van der Waals surface area contributed by atoms with E-state index in [1.54, 1.807) is 0 Å². The van der Waals surface area contributed by atoms with E-state index in [2.05, 4.69) is 71.5 Å². The van der Waals surface area contributed by atoms with Crippen LogP contribution >= 0.6 is 12.2 Å². The van der Waals surface area contributed by atoms with Crippen LogP contribution in [0.5, 0.6) is 0 Å². The minimum Gasteiger partial charge on any atom is -0.360 e. The van der Waals surface area contributed by atoms with Crippen LogP contribution in [0.4, 0.5) is 17.6 Å². The van der Waals surface area contributed by atoms with Crippen molar-refractivity contribution in [2.24, 2.45) is 5.92 Å². The normalized spacial score (nSPS) is 18.7. The quantitative estimate of drug-likeness (QED) is 0.741. The fraction of sp³-hybridized carbons (Fsp3) is 0.500. The molecule has 7 heteroatoms. The SMILES string of the molecule is CC(C)NC(=S)Nc1nc(N2Cc3ccccc3C2)cc(N2CCC[C@@H](C)C2)n1. The number of piperidine rings is 1. The summed E-state index contributed by atoms with van der Waals surface area (Å²) in [7, 11) is 0. The van der Waals surface area contributed by atoms with Crippen LogP contribution in [0, 0.1) is 5.92 Å². The Balaban J connectivity index is 1.62. The summed E-state index contributed by atoms with van der Waals surface area (Å²) in [6.45, 7) is 10.3. The fourth-order valence-corrected chi connectivity index (χ4v) is 4.42. The third-order valence-corrected chi connectivity index (χ3v) is 5.71. The highest BCUT2D eigenvalue weighted by Crippen LogP contribution is 2.31. The summed E-state index contributed by atoms with van der Waals surface area (Å²) in [5, 5.41) is 6.96. The second-order valence-corrected chi connectivity index (χ2v) is 8.89. The van der Waals surface area contributed by atoms with Crippen LogP contribution in [0.1, 0.15) is 44.7 Å². The van der Waals surface area contributed by atoms with Crippen LogP contribution in [0.3, 0.4) is 0 Å². The van der Waals surface area contributed by atoms with Gasteiger partial charge in [-0.25, -0.2) is 0 Å². The zero-order valence-corrected chi connectivity index (χ0v) is 18.3. The maximum atomic E-state index is 5.44. The van der Waals surface area contributed by atoms with Crippen LogP contribution in [0.15, 0.2) is 30.3 Å². The first-order chi connectivity index (χ1) is 14.0. The van der Waals surface area contributed by atoms with Crippen molar-refractivity contribution in [1.82, 2.24) is 15.3 Å². The number of hydrogen-bond donors (Lipinski definition) is 2. The number of hydrogen-bond acceptors (Lipinski definition) is 5. The molecule has 6 nitrogen and oxygen atoms in total. The first-order valence-electron chi connectivity index (χ1n) is 10.5. The molecule has 0 radical (unpaired) electrons. The Labute approximate surface area is 178 Å². The molecule has 1 aromatic heterocycles. The Kier molecular flexibility index (Phi) is 5.85. The Morgan fingerprint density at radius 1 is 1.10 bits per heavy atom. The number of benzene rings is 1. The van der Waals surface area contributed by atoms with E-state index < -0.39 is 0 Å². The van der Waals surface area contributed by atoms with E-state index in [4.69, 9.17) is 22.2 Å². The summed E-state index contributed by atoms with van der Waals surface area (Å²) in [6.07, 6.45) is 2.48. The third kappa shape index (κ3) is 4.78. The number of anilines is 3. The molecule has 4 rings (SSSR count). The second kappa shape index (κ2) is 8.53. The molecule has 154 valence electrons. The molecule has 1 saturated heterocycles. The fourth-order valence-electron chi connectivity index (χ4n) is 4.09. The van der Waals surface area contributed by atoms with Gasteiger partial charge in [-0.1, -0.05) is 31.2 Å². The predicted octanol–water partition coefficient (Wildman–Crippen LogP) is 3.93. The lowest BCUT2D eigenvalue weighted by Gasteiger charge is -2.32. The summed E-state index contributed by atoms with van der Waals surface area (Å²) < 4.78 is 0. The predicted molar refractivity (Wildman–Crippen MR) is 123 cm³/mol. The van der Waals surface area contributed by atoms with Gasteiger partial charge in [-0.3, -0.25) is 0 Å². The van der Waals surface area contributed by atoms with E-state index in [0.717, 1.165) is 37.8 Å². The van der Waals surface area contributed by atoms with Crippen LogP contribution in [-0.4, -0.2) is 34.2 Å². The average Bonchev–Trinajstić information content (AvgIpc) is 3.11. The summed E-state index contributed by atoms with van der Waals surface area (Å²) in [5.41, 5.74) is 2.73. The number of fused-ring (bicyclic) bond motifs is 1. The maximum absolute atomic E-state index is 5.44. The molecule has 1 aromatic carbocycles. The van der Waals surface area contributed by atoms with Gasteiger partial charge in [-0.05, 0) is 56.0 Å². The number of nitrogens with one attached hydrogen (secondary N) is 2. The van der Waals surface area contributed by atoms with Crippen LogP contribution in [0.25, 0.3) is 0 Å². The Morgan fingerprint density at radius 2 is 1.76 bits per heavy atom. The van der Waals surface area contributed by atoms with Crippen molar-refractivity contribution in [3.05, 3.63) is 41.5 Å². The third-order valence-electron chi connectivity index (χ3n) is 5.49. The van der Waals surface area contributed by atoms with E-state index in [0.29, 0.717) is 17.0 Å². The molecule has 0 unspecified atom stereocenters. The molecule has 2 N–H and O–H groups in total. The molecule has 1 fully saturated rings. The Hall–Kier alpha value is -2.41. The van der Waals surface area contributed by atoms with Gasteiger partial charge in [0.05, 0.1) is 0 Å². The average molecular weight is 411 g/mol. The van der Waals surface area contributed by atoms with E-state index in [-0.39, 0.29) is 6.04 Å². The number of aromatic nitrogens is 2. The molecular weight excluding hydrogens is 380 g/mol. The van der Waals surface area contributed by atoms with E-state index in [1.807, 2.05) is 0 Å². The van der Waals surface area contributed by atoms with Gasteiger partial charge < -0.3 is 20.4 Å². The van der Waals surface area contributed by atoms with Gasteiger partial charge in [-0.2, -0.15) is 9.97 Å². The second-order valence-electron chi connectivity index (χ2n) is 8.48. The lowest BCUT2D eigenvalue weighted by Crippen LogP contribution is -2.36. The molecule has 0 aliphatic carbocycles. The highest BCUT2D eigenvalue weighted by molar-refractivity contribution is 7.80. The molecule has 2 aliphatic rings. The number of rotatable bonds is 4. The summed E-state index contributed by atoms with van der Waals surface area (Å²) >= 11 is 5.44. The van der Waals surface area contributed by atoms with Gasteiger partial charge >= 0.3 is 0 Å². The number of thiocarbonyl (C=S) groups is 1. The molecule has 2 aromatic rings. The Bertz CT molecular complexity index is 858. The van der Waals surface area contributed by atoms with Gasteiger partial charge in [0.2, 0.25) is 5.95 Å². The van der Waals surface area contributed by atoms with Crippen molar-refractivity contribution in [2.75, 3.05) is 28.2 Å². The van der Waals surface area contributed by atoms with Crippen LogP contribution in [0.2, 0.25) is 0 Å². The van der Waals surface area contributed by atoms with Gasteiger partial charge in [0, 0.05) is 38.3 Å². The van der Waals surface area contributed by atoms with Crippen molar-refractivity contribution in [3.63, 3.8) is 0 Å². The molecular formula is C22H30N6S. The van der Waals surface area contributed by atoms with Gasteiger partial charge in [0.1, 0.15) is 11.6 Å². The standard InChI is InChI=1S/C22H30N6S/c1-15(2)23-22(29)26-21-24-19(27-10-6-7-16(3)12-27)11-20(25-21)28-13-17-8-4-5-9-18(17)14-28/h4-5,8-9,11,15-16H,6-7,10,12-14H2,1-3H3,(H2,23,24,25,26,29)/t16-/m1/s1. The summed E-state index contributed by atoms with van der Waals surface area (Å²) in [5.74, 6) is 3.16. The van der Waals surface area contributed by atoms with E-state index in [1.165, 1.54) is 24.0 Å². The van der Waals surface area contributed by atoms with Crippen molar-refractivity contribution >= 4 is 34.9 Å². The van der Waals surface area contributed by atoms with Gasteiger partial charge in [0.15, 0.2) is 5.11 Å². The molecule has 0 spiro atoms. The number of nitrogens with zero attached hydrogens (tertiary/aromatic N) is 4. The van der Waals surface area contributed by atoms with Crippen molar-refractivity contribution in [1.29, 1.82) is 0 Å². The summed E-state index contributed by atoms with van der Waals surface area (Å²) in [6, 6.07) is 11.0.